The summed E-state index contributed by atoms with van der Waals surface area (Å²) in [6.07, 6.45) is -2.71. The molecule has 1 rings (SSSR count). The molecule has 1 aromatic heterocycles. The molecule has 0 aliphatic rings. The number of nitrogens with zero attached hydrogens (tertiary/aromatic N) is 1. The summed E-state index contributed by atoms with van der Waals surface area (Å²) in [5.41, 5.74) is 0. The highest BCUT2D eigenvalue weighted by atomic mass is 32.2. The zero-order chi connectivity index (χ0) is 9.68. The first-order valence-corrected chi connectivity index (χ1v) is 5.11. The first kappa shape index (κ1) is 10.6. The fourth-order valence-corrected chi connectivity index (χ4v) is 1.91. The molecule has 0 saturated heterocycles. The maximum atomic E-state index is 12.3. The molecule has 0 N–H and O–H groups in total. The number of thioether (sulfide) groups is 1. The van der Waals surface area contributed by atoms with E-state index in [0.717, 1.165) is 17.8 Å². The number of alkyl halides is 3. The summed E-state index contributed by atoms with van der Waals surface area (Å²) in [5, 5.41) is 3.05. The van der Waals surface area contributed by atoms with E-state index in [1.807, 2.05) is 0 Å². The van der Waals surface area contributed by atoms with E-state index in [1.54, 1.807) is 11.6 Å². The molecule has 1 nitrogen and oxygen atoms in total. The Balaban J connectivity index is 2.34. The molecule has 0 spiro atoms. The zero-order valence-electron chi connectivity index (χ0n) is 6.36. The van der Waals surface area contributed by atoms with Gasteiger partial charge in [-0.15, -0.1) is 11.3 Å². The molecular formula is C7H6F3NS2. The fourth-order valence-electron chi connectivity index (χ4n) is 0.525. The van der Waals surface area contributed by atoms with E-state index >= 15 is 0 Å². The molecule has 1 unspecified atom stereocenters. The van der Waals surface area contributed by atoms with Gasteiger partial charge in [-0.1, -0.05) is 11.8 Å². The van der Waals surface area contributed by atoms with Crippen molar-refractivity contribution in [1.29, 1.82) is 0 Å². The Morgan fingerprint density at radius 1 is 1.46 bits per heavy atom. The predicted octanol–water partition coefficient (Wildman–Crippen LogP) is 3.35. The summed E-state index contributed by atoms with van der Waals surface area (Å²) in [5.74, 6) is 0. The predicted molar refractivity (Wildman–Crippen MR) is 48.0 cm³/mol. The van der Waals surface area contributed by atoms with Gasteiger partial charge in [0.05, 0.1) is 0 Å². The molecule has 6 heteroatoms. The van der Waals surface area contributed by atoms with Gasteiger partial charge in [0.1, 0.15) is 0 Å². The van der Waals surface area contributed by atoms with E-state index in [-0.39, 0.29) is 0 Å². The summed E-state index contributed by atoms with van der Waals surface area (Å²) >= 11 is 2.50. The van der Waals surface area contributed by atoms with Gasteiger partial charge in [0.2, 0.25) is 0 Å². The largest absolute Gasteiger partial charge is 0.272 e. The summed E-state index contributed by atoms with van der Waals surface area (Å²) in [7, 11) is 0. The van der Waals surface area contributed by atoms with E-state index in [0.29, 0.717) is 4.34 Å². The van der Waals surface area contributed by atoms with Crippen molar-refractivity contribution >= 4 is 23.1 Å². The van der Waals surface area contributed by atoms with Crippen LogP contribution >= 0.6 is 23.1 Å². The Bertz CT molecular complexity index is 261. The lowest BCUT2D eigenvalue weighted by Crippen LogP contribution is -2.07. The highest BCUT2D eigenvalue weighted by Gasteiger charge is 2.14. The maximum absolute atomic E-state index is 12.3. The molecule has 13 heavy (non-hydrogen) atoms. The van der Waals surface area contributed by atoms with Crippen LogP contribution in [0.4, 0.5) is 13.2 Å². The molecule has 1 atom stereocenters. The van der Waals surface area contributed by atoms with Crippen LogP contribution < -0.4 is 0 Å². The molecule has 1 aromatic rings. The third-order valence-corrected chi connectivity index (χ3v) is 2.82. The Hall–Kier alpha value is -0.490. The van der Waals surface area contributed by atoms with E-state index in [4.69, 9.17) is 0 Å². The number of halogens is 3. The molecule has 0 amide bonds. The Morgan fingerprint density at radius 2 is 2.23 bits per heavy atom. The molecule has 0 bridgehead atoms. The van der Waals surface area contributed by atoms with E-state index in [9.17, 15) is 13.2 Å². The lowest BCUT2D eigenvalue weighted by atomic mass is 10.4. The molecule has 72 valence electrons. The minimum Gasteiger partial charge on any atom is -0.238 e. The van der Waals surface area contributed by atoms with Crippen LogP contribution in [0.3, 0.4) is 0 Å². The number of aromatic nitrogens is 1. The van der Waals surface area contributed by atoms with E-state index < -0.39 is 12.6 Å². The van der Waals surface area contributed by atoms with Gasteiger partial charge in [0, 0.05) is 11.6 Å². The van der Waals surface area contributed by atoms with Gasteiger partial charge in [0.15, 0.2) is 10.5 Å². The second kappa shape index (κ2) is 5.29. The van der Waals surface area contributed by atoms with Gasteiger partial charge in [-0.3, -0.25) is 0 Å². The highest BCUT2D eigenvalue weighted by molar-refractivity contribution is 8.03. The van der Waals surface area contributed by atoms with Crippen molar-refractivity contribution in [3.05, 3.63) is 23.1 Å². The molecule has 0 aliphatic heterocycles. The average Bonchev–Trinajstić information content (AvgIpc) is 2.56. The van der Waals surface area contributed by atoms with Crippen LogP contribution in [0.25, 0.3) is 0 Å². The van der Waals surface area contributed by atoms with Crippen molar-refractivity contribution in [3.8, 4) is 0 Å². The van der Waals surface area contributed by atoms with Crippen LogP contribution in [0.15, 0.2) is 27.4 Å². The molecule has 0 radical (unpaired) electrons. The minimum absolute atomic E-state index is 0.706. The van der Waals surface area contributed by atoms with Crippen molar-refractivity contribution in [2.45, 2.75) is 16.9 Å². The monoisotopic (exact) mass is 225 g/mol. The van der Waals surface area contributed by atoms with Crippen molar-refractivity contribution in [3.63, 3.8) is 0 Å². The lowest BCUT2D eigenvalue weighted by molar-refractivity contribution is 0.0751. The zero-order valence-corrected chi connectivity index (χ0v) is 7.99. The summed E-state index contributed by atoms with van der Waals surface area (Å²) < 4.78 is 36.3. The number of hydrogen-bond donors (Lipinski definition) is 0. The van der Waals surface area contributed by atoms with E-state index in [1.165, 1.54) is 16.7 Å². The van der Waals surface area contributed by atoms with Crippen molar-refractivity contribution in [1.82, 2.24) is 4.98 Å². The highest BCUT2D eigenvalue weighted by Crippen LogP contribution is 2.22. The van der Waals surface area contributed by atoms with Gasteiger partial charge in [-0.2, -0.15) is 0 Å². The van der Waals surface area contributed by atoms with Crippen LogP contribution in [0.1, 0.15) is 0 Å². The van der Waals surface area contributed by atoms with Gasteiger partial charge < -0.3 is 0 Å². The molecule has 0 saturated carbocycles. The Morgan fingerprint density at radius 3 is 2.77 bits per heavy atom. The standard InChI is InChI=1S/C7H6F3NS2/c8-5(6(9)10)1-3-12-7-11-2-4-13-7/h1-6H/b3-1+. The second-order valence-electron chi connectivity index (χ2n) is 2.02. The first-order chi connectivity index (χ1) is 6.20. The number of hydrogen-bond acceptors (Lipinski definition) is 3. The minimum atomic E-state index is -2.95. The van der Waals surface area contributed by atoms with Crippen LogP contribution in [0.5, 0.6) is 0 Å². The Labute approximate surface area is 81.7 Å². The molecular weight excluding hydrogens is 219 g/mol. The van der Waals surface area contributed by atoms with Crippen LogP contribution in [0.2, 0.25) is 0 Å². The van der Waals surface area contributed by atoms with Crippen LogP contribution in [0, 0.1) is 0 Å². The smallest absolute Gasteiger partial charge is 0.238 e. The molecule has 1 heterocycles. The summed E-state index contributed by atoms with van der Waals surface area (Å²) in [6, 6.07) is 0. The maximum Gasteiger partial charge on any atom is 0.272 e. The SMILES string of the molecule is FC(F)C(F)/C=C/Sc1nccs1. The van der Waals surface area contributed by atoms with Gasteiger partial charge >= 0.3 is 0 Å². The quantitative estimate of drug-likeness (QED) is 0.729. The molecule has 0 aromatic carbocycles. The van der Waals surface area contributed by atoms with Crippen LogP contribution in [-0.2, 0) is 0 Å². The van der Waals surface area contributed by atoms with Gasteiger partial charge in [-0.25, -0.2) is 18.2 Å². The van der Waals surface area contributed by atoms with Gasteiger partial charge in [0.25, 0.3) is 6.43 Å². The van der Waals surface area contributed by atoms with E-state index in [2.05, 4.69) is 4.98 Å². The topological polar surface area (TPSA) is 12.9 Å². The number of thiazole rings is 1. The average molecular weight is 225 g/mol. The first-order valence-electron chi connectivity index (χ1n) is 3.35. The lowest BCUT2D eigenvalue weighted by Gasteiger charge is -1.97. The molecule has 0 aliphatic carbocycles. The van der Waals surface area contributed by atoms with Crippen molar-refractivity contribution in [2.75, 3.05) is 0 Å². The number of rotatable bonds is 4. The summed E-state index contributed by atoms with van der Waals surface area (Å²) in [4.78, 5) is 3.88. The fraction of sp³-hybridized carbons (Fsp3) is 0.286. The van der Waals surface area contributed by atoms with Gasteiger partial charge in [-0.05, 0) is 11.5 Å². The Kier molecular flexibility index (Phi) is 4.31. The molecule has 0 fully saturated rings. The van der Waals surface area contributed by atoms with Crippen molar-refractivity contribution < 1.29 is 13.2 Å². The third-order valence-electron chi connectivity index (χ3n) is 1.08. The second-order valence-corrected chi connectivity index (χ2v) is 4.07. The summed E-state index contributed by atoms with van der Waals surface area (Å²) in [6.45, 7) is 0. The third kappa shape index (κ3) is 3.82. The normalized spacial score (nSPS) is 14.2. The van der Waals surface area contributed by atoms with Crippen molar-refractivity contribution in [2.24, 2.45) is 0 Å². The number of allylic oxidation sites excluding steroid dienone is 1. The van der Waals surface area contributed by atoms with Crippen LogP contribution in [-0.4, -0.2) is 17.6 Å².